The fourth-order valence-electron chi connectivity index (χ4n) is 3.72. The van der Waals surface area contributed by atoms with E-state index in [9.17, 15) is 9.18 Å². The molecule has 4 rings (SSSR count). The Bertz CT molecular complexity index is 1100. The predicted molar refractivity (Wildman–Crippen MR) is 115 cm³/mol. The smallest absolute Gasteiger partial charge is 0.247 e. The van der Waals surface area contributed by atoms with Crippen LogP contribution in [-0.2, 0) is 17.9 Å². The number of carbonyl (C=O) groups excluding carboxylic acids is 1. The van der Waals surface area contributed by atoms with E-state index in [-0.39, 0.29) is 23.7 Å². The van der Waals surface area contributed by atoms with Crippen molar-refractivity contribution in [1.29, 1.82) is 0 Å². The van der Waals surface area contributed by atoms with Gasteiger partial charge in [0.25, 0.3) is 0 Å². The average molecular weight is 424 g/mol. The minimum absolute atomic E-state index is 0.0412. The number of anilines is 3. The van der Waals surface area contributed by atoms with Crippen molar-refractivity contribution >= 4 is 23.4 Å². The monoisotopic (exact) mass is 424 g/mol. The third-order valence-electron chi connectivity index (χ3n) is 5.22. The summed E-state index contributed by atoms with van der Waals surface area (Å²) in [5, 5.41) is 10.5. The van der Waals surface area contributed by atoms with Gasteiger partial charge in [-0.3, -0.25) is 14.5 Å². The summed E-state index contributed by atoms with van der Waals surface area (Å²) in [4.78, 5) is 27.5. The highest BCUT2D eigenvalue weighted by molar-refractivity contribution is 6.03. The van der Waals surface area contributed by atoms with Crippen molar-refractivity contribution in [2.24, 2.45) is 5.92 Å². The van der Waals surface area contributed by atoms with E-state index in [1.54, 1.807) is 16.9 Å². The van der Waals surface area contributed by atoms with Crippen LogP contribution in [0.2, 0.25) is 0 Å². The Labute approximate surface area is 179 Å². The predicted octanol–water partition coefficient (Wildman–Crippen LogP) is 2.59. The summed E-state index contributed by atoms with van der Waals surface area (Å²) < 4.78 is 14.7. The van der Waals surface area contributed by atoms with Crippen LogP contribution in [0.4, 0.5) is 21.8 Å². The number of carbonyl (C=O) groups is 1. The van der Waals surface area contributed by atoms with Crippen LogP contribution in [-0.4, -0.2) is 43.7 Å². The fraction of sp³-hybridized carbons (Fsp3) is 0.381. The third-order valence-corrected chi connectivity index (χ3v) is 5.22. The molecule has 0 saturated heterocycles. The molecule has 0 spiro atoms. The number of fused-ring (bicyclic) bond motifs is 1. The summed E-state index contributed by atoms with van der Waals surface area (Å²) in [6.45, 7) is 6.81. The van der Waals surface area contributed by atoms with Crippen LogP contribution >= 0.6 is 0 Å². The summed E-state index contributed by atoms with van der Waals surface area (Å²) in [7, 11) is 1.88. The van der Waals surface area contributed by atoms with Crippen molar-refractivity contribution in [2.75, 3.05) is 22.6 Å². The highest BCUT2D eigenvalue weighted by Gasteiger charge is 2.35. The molecule has 3 aromatic heterocycles. The summed E-state index contributed by atoms with van der Waals surface area (Å²) in [6, 6.07) is 2.74. The summed E-state index contributed by atoms with van der Waals surface area (Å²) in [6.07, 6.45) is 4.84. The molecule has 3 aromatic rings. The molecule has 31 heavy (non-hydrogen) atoms. The van der Waals surface area contributed by atoms with Gasteiger partial charge in [-0.1, -0.05) is 13.8 Å². The Morgan fingerprint density at radius 2 is 2.06 bits per heavy atom. The number of aromatic nitrogens is 5. The van der Waals surface area contributed by atoms with Crippen LogP contribution < -0.4 is 15.5 Å². The third kappa shape index (κ3) is 4.32. The molecule has 1 unspecified atom stereocenters. The van der Waals surface area contributed by atoms with Crippen molar-refractivity contribution in [3.8, 4) is 0 Å². The van der Waals surface area contributed by atoms with Crippen molar-refractivity contribution in [1.82, 2.24) is 24.7 Å². The maximum atomic E-state index is 13.0. The Morgan fingerprint density at radius 3 is 2.77 bits per heavy atom. The van der Waals surface area contributed by atoms with Crippen LogP contribution in [0.5, 0.6) is 0 Å². The minimum Gasteiger partial charge on any atom is -0.350 e. The van der Waals surface area contributed by atoms with Gasteiger partial charge in [-0.15, -0.1) is 0 Å². The van der Waals surface area contributed by atoms with Crippen molar-refractivity contribution in [3.05, 3.63) is 53.5 Å². The van der Waals surface area contributed by atoms with Crippen molar-refractivity contribution in [3.63, 3.8) is 0 Å². The second kappa shape index (κ2) is 8.29. The zero-order valence-electron chi connectivity index (χ0n) is 17.9. The molecule has 0 fully saturated rings. The highest BCUT2D eigenvalue weighted by atomic mass is 19.1. The van der Waals surface area contributed by atoms with E-state index in [1.165, 1.54) is 12.3 Å². The van der Waals surface area contributed by atoms with Crippen LogP contribution in [0.15, 0.2) is 30.7 Å². The molecule has 1 amide bonds. The summed E-state index contributed by atoms with van der Waals surface area (Å²) in [5.41, 5.74) is 3.02. The van der Waals surface area contributed by atoms with Crippen molar-refractivity contribution in [2.45, 2.75) is 39.9 Å². The number of hydrogen-bond acceptors (Lipinski definition) is 7. The first-order valence-electron chi connectivity index (χ1n) is 10.1. The van der Waals surface area contributed by atoms with Gasteiger partial charge in [0, 0.05) is 25.4 Å². The molecular formula is C21H25FN8O. The number of rotatable bonds is 6. The Kier molecular flexibility index (Phi) is 5.53. The molecule has 1 aliphatic heterocycles. The lowest BCUT2D eigenvalue weighted by Gasteiger charge is -2.36. The zero-order valence-corrected chi connectivity index (χ0v) is 17.9. The van der Waals surface area contributed by atoms with E-state index < -0.39 is 0 Å². The van der Waals surface area contributed by atoms with Gasteiger partial charge < -0.3 is 15.5 Å². The fourth-order valence-corrected chi connectivity index (χ4v) is 3.72. The molecular weight excluding hydrogens is 399 g/mol. The van der Waals surface area contributed by atoms with E-state index in [0.717, 1.165) is 11.3 Å². The zero-order chi connectivity index (χ0) is 22.1. The van der Waals surface area contributed by atoms with Gasteiger partial charge in [-0.2, -0.15) is 10.1 Å². The molecule has 4 heterocycles. The second-order valence-electron chi connectivity index (χ2n) is 7.99. The first kappa shape index (κ1) is 20.7. The molecule has 9 nitrogen and oxygen atoms in total. The van der Waals surface area contributed by atoms with Crippen molar-refractivity contribution < 1.29 is 9.18 Å². The topological polar surface area (TPSA) is 101 Å². The number of nitrogens with zero attached hydrogens (tertiary/aromatic N) is 6. The molecule has 10 heteroatoms. The first-order valence-corrected chi connectivity index (χ1v) is 10.1. The number of halogens is 1. The lowest BCUT2D eigenvalue weighted by atomic mass is 9.99. The summed E-state index contributed by atoms with van der Waals surface area (Å²) in [5.74, 6) is 0.923. The molecule has 0 aliphatic carbocycles. The van der Waals surface area contributed by atoms with Gasteiger partial charge in [-0.25, -0.2) is 9.37 Å². The largest absolute Gasteiger partial charge is 0.350 e. The maximum Gasteiger partial charge on any atom is 0.247 e. The van der Waals surface area contributed by atoms with Gasteiger partial charge in [0.05, 0.1) is 30.3 Å². The molecule has 0 aromatic carbocycles. The summed E-state index contributed by atoms with van der Waals surface area (Å²) >= 11 is 0. The first-order chi connectivity index (χ1) is 14.8. The molecule has 1 atom stereocenters. The molecule has 0 saturated carbocycles. The van der Waals surface area contributed by atoms with Crippen LogP contribution in [0.3, 0.4) is 0 Å². The average Bonchev–Trinajstić information content (AvgIpc) is 3.16. The molecule has 0 radical (unpaired) electrons. The van der Waals surface area contributed by atoms with Gasteiger partial charge in [0.2, 0.25) is 11.9 Å². The number of aryl methyl sites for hydroxylation is 1. The SMILES string of the molecule is Cc1nc(NCc2cnn(Cc3ccc(F)cn3)c2)nc2c1NC(=O)C(C(C)C)N2C. The van der Waals surface area contributed by atoms with E-state index in [1.807, 2.05) is 38.9 Å². The Balaban J connectivity index is 1.46. The number of likely N-dealkylation sites (N-methyl/N-ethyl adjacent to an activating group) is 1. The lowest BCUT2D eigenvalue weighted by molar-refractivity contribution is -0.118. The molecule has 1 aliphatic rings. The standard InChI is InChI=1S/C21H25FN8O/c1-12(2)18-20(31)27-17-13(3)26-21(28-19(17)29(18)4)24-7-14-8-25-30(10-14)11-16-6-5-15(22)9-23-16/h5-6,8-10,12,18H,7,11H2,1-4H3,(H,27,31)(H,24,26,28). The normalized spacial score (nSPS) is 15.7. The van der Waals surface area contributed by atoms with Gasteiger partial charge in [0.1, 0.15) is 17.5 Å². The quantitative estimate of drug-likeness (QED) is 0.627. The Hall–Kier alpha value is -3.56. The number of hydrogen-bond donors (Lipinski definition) is 2. The second-order valence-corrected chi connectivity index (χ2v) is 7.99. The molecule has 0 bridgehead atoms. The lowest BCUT2D eigenvalue weighted by Crippen LogP contribution is -2.49. The van der Waals surface area contributed by atoms with Crippen LogP contribution in [0, 0.1) is 18.7 Å². The highest BCUT2D eigenvalue weighted by Crippen LogP contribution is 2.34. The number of amides is 1. The Morgan fingerprint density at radius 1 is 1.26 bits per heavy atom. The van der Waals surface area contributed by atoms with Gasteiger partial charge in [-0.05, 0) is 25.0 Å². The minimum atomic E-state index is -0.362. The molecule has 2 N–H and O–H groups in total. The van der Waals surface area contributed by atoms with Gasteiger partial charge >= 0.3 is 0 Å². The van der Waals surface area contributed by atoms with E-state index in [2.05, 4.69) is 30.7 Å². The molecule has 162 valence electrons. The van der Waals surface area contributed by atoms with E-state index in [0.29, 0.717) is 36.2 Å². The number of pyridine rings is 1. The maximum absolute atomic E-state index is 13.0. The van der Waals surface area contributed by atoms with Crippen LogP contribution in [0.25, 0.3) is 0 Å². The van der Waals surface area contributed by atoms with E-state index >= 15 is 0 Å². The van der Waals surface area contributed by atoms with Gasteiger partial charge in [0.15, 0.2) is 5.82 Å². The van der Waals surface area contributed by atoms with Crippen LogP contribution in [0.1, 0.15) is 30.8 Å². The number of nitrogens with one attached hydrogen (secondary N) is 2. The van der Waals surface area contributed by atoms with E-state index in [4.69, 9.17) is 0 Å².